The van der Waals surface area contributed by atoms with Gasteiger partial charge in [0.05, 0.1) is 20.8 Å². The number of nitrogen functional groups attached to an aromatic ring is 1. The maximum absolute atomic E-state index is 11.7. The second-order valence-electron chi connectivity index (χ2n) is 6.11. The number of phosphoric ester groups is 3. The topological polar surface area (TPSA) is 279 Å². The van der Waals surface area contributed by atoms with Gasteiger partial charge in [0, 0.05) is 7.11 Å². The van der Waals surface area contributed by atoms with E-state index in [0.717, 1.165) is 17.2 Å². The SMILES string of the molecule is COP(=O)([O-])OP(=O)([O-])OC[C@H]1O[C@@H](n2cnc3c(N)ncnc32)[C@@H](O)C1OP(=O)([O-])[O-]. The van der Waals surface area contributed by atoms with E-state index in [1.54, 1.807) is 0 Å². The predicted molar refractivity (Wildman–Crippen MR) is 91.4 cm³/mol. The lowest BCUT2D eigenvalue weighted by atomic mass is 10.1. The first-order chi connectivity index (χ1) is 14.7. The Morgan fingerprint density at radius 1 is 1.19 bits per heavy atom. The molecular weight excluding hydrogens is 503 g/mol. The summed E-state index contributed by atoms with van der Waals surface area (Å²) in [7, 11) is -15.9. The number of anilines is 1. The van der Waals surface area contributed by atoms with Crippen LogP contribution in [0, 0.1) is 0 Å². The third-order valence-corrected chi connectivity index (χ3v) is 7.06. The van der Waals surface area contributed by atoms with E-state index in [1.165, 1.54) is 0 Å². The van der Waals surface area contributed by atoms with E-state index in [4.69, 9.17) is 10.5 Å². The molecule has 0 saturated carbocycles. The second kappa shape index (κ2) is 9.12. The fourth-order valence-corrected chi connectivity index (χ4v) is 5.09. The molecule has 1 fully saturated rings. The Labute approximate surface area is 178 Å². The Kier molecular flexibility index (Phi) is 7.20. The van der Waals surface area contributed by atoms with Crippen LogP contribution in [0.5, 0.6) is 0 Å². The molecule has 0 spiro atoms. The van der Waals surface area contributed by atoms with Gasteiger partial charge in [0.1, 0.15) is 30.2 Å². The third-order valence-electron chi connectivity index (χ3n) is 4.04. The van der Waals surface area contributed by atoms with E-state index < -0.39 is 54.6 Å². The molecular formula is C11H14N5O13P3-4. The normalized spacial score (nSPS) is 27.9. The van der Waals surface area contributed by atoms with Crippen molar-refractivity contribution in [1.29, 1.82) is 0 Å². The van der Waals surface area contributed by atoms with E-state index in [1.807, 2.05) is 0 Å². The number of hydrogen-bond donors (Lipinski definition) is 2. The van der Waals surface area contributed by atoms with Crippen molar-refractivity contribution in [3.8, 4) is 0 Å². The quantitative estimate of drug-likeness (QED) is 0.305. The van der Waals surface area contributed by atoms with E-state index in [-0.39, 0.29) is 17.0 Å². The monoisotopic (exact) mass is 517 g/mol. The van der Waals surface area contributed by atoms with Crippen LogP contribution in [0.3, 0.4) is 0 Å². The summed E-state index contributed by atoms with van der Waals surface area (Å²) in [6.07, 6.45) is -4.90. The summed E-state index contributed by atoms with van der Waals surface area (Å²) in [5, 5.41) is 10.5. The average Bonchev–Trinajstić information content (AvgIpc) is 3.21. The Bertz CT molecular complexity index is 1120. The summed E-state index contributed by atoms with van der Waals surface area (Å²) < 4.78 is 56.7. The number of fused-ring (bicyclic) bond motifs is 1. The van der Waals surface area contributed by atoms with Gasteiger partial charge in [0.15, 0.2) is 17.7 Å². The number of aromatic nitrogens is 4. The van der Waals surface area contributed by atoms with Gasteiger partial charge >= 0.3 is 0 Å². The zero-order valence-electron chi connectivity index (χ0n) is 15.7. The number of phosphoric acid groups is 3. The zero-order chi connectivity index (χ0) is 23.9. The number of nitrogens with two attached hydrogens (primary N) is 1. The molecule has 0 bridgehead atoms. The predicted octanol–water partition coefficient (Wildman–Crippen LogP) is -3.50. The maximum Gasteiger partial charge on any atom is 0.274 e. The highest BCUT2D eigenvalue weighted by Gasteiger charge is 2.47. The molecule has 0 aliphatic carbocycles. The Morgan fingerprint density at radius 3 is 2.50 bits per heavy atom. The first kappa shape index (κ1) is 25.3. The molecule has 3 rings (SSSR count). The molecule has 6 atom stereocenters. The lowest BCUT2D eigenvalue weighted by molar-refractivity contribution is -0.347. The minimum Gasteiger partial charge on any atom is -0.790 e. The molecule has 0 radical (unpaired) electrons. The first-order valence-corrected chi connectivity index (χ1v) is 12.6. The van der Waals surface area contributed by atoms with Crippen molar-refractivity contribution in [2.24, 2.45) is 0 Å². The minimum absolute atomic E-state index is 0.0258. The van der Waals surface area contributed by atoms with Crippen LogP contribution in [0.4, 0.5) is 5.82 Å². The van der Waals surface area contributed by atoms with Crippen LogP contribution in [0.15, 0.2) is 12.7 Å². The van der Waals surface area contributed by atoms with Gasteiger partial charge in [-0.1, -0.05) is 0 Å². The molecule has 3 N–H and O–H groups in total. The molecule has 2 aromatic rings. The van der Waals surface area contributed by atoms with Crippen molar-refractivity contribution >= 4 is 40.4 Å². The van der Waals surface area contributed by atoms with Gasteiger partial charge in [0.25, 0.3) is 15.6 Å². The highest BCUT2D eigenvalue weighted by molar-refractivity contribution is 7.59. The fourth-order valence-electron chi connectivity index (χ4n) is 2.76. The molecule has 1 saturated heterocycles. The molecule has 18 nitrogen and oxygen atoms in total. The number of imidazole rings is 1. The zero-order valence-corrected chi connectivity index (χ0v) is 18.4. The highest BCUT2D eigenvalue weighted by atomic mass is 31.3. The minimum atomic E-state index is -5.71. The van der Waals surface area contributed by atoms with Gasteiger partial charge in [-0.05, 0) is 0 Å². The van der Waals surface area contributed by atoms with Crippen LogP contribution < -0.4 is 25.3 Å². The molecule has 2 aromatic heterocycles. The molecule has 1 aliphatic rings. The van der Waals surface area contributed by atoms with E-state index >= 15 is 0 Å². The van der Waals surface area contributed by atoms with Gasteiger partial charge in [0.2, 0.25) is 0 Å². The van der Waals surface area contributed by atoms with E-state index in [9.17, 15) is 38.4 Å². The molecule has 0 aromatic carbocycles. The van der Waals surface area contributed by atoms with Gasteiger partial charge < -0.3 is 53.3 Å². The van der Waals surface area contributed by atoms with E-state index in [2.05, 4.69) is 32.8 Å². The van der Waals surface area contributed by atoms with E-state index in [0.29, 0.717) is 7.11 Å². The summed E-state index contributed by atoms with van der Waals surface area (Å²) >= 11 is 0. The molecule has 1 aliphatic heterocycles. The van der Waals surface area contributed by atoms with Crippen LogP contribution in [0.1, 0.15) is 6.23 Å². The van der Waals surface area contributed by atoms with Crippen LogP contribution in [-0.2, 0) is 36.3 Å². The van der Waals surface area contributed by atoms with Crippen LogP contribution in [0.2, 0.25) is 0 Å². The number of aliphatic hydroxyl groups is 1. The lowest BCUT2D eigenvalue weighted by Gasteiger charge is -2.35. The number of aliphatic hydroxyl groups excluding tert-OH is 1. The van der Waals surface area contributed by atoms with Crippen molar-refractivity contribution < 1.29 is 61.0 Å². The molecule has 21 heteroatoms. The smallest absolute Gasteiger partial charge is 0.274 e. The third kappa shape index (κ3) is 5.76. The number of rotatable bonds is 9. The standard InChI is InChI=1S/C11H18N5O13P3/c1-25-31(21,22)29-32(23,24)26-2-5-8(28-30(18,19)20)7(17)11(27-5)16-4-15-6-9(12)13-3-14-10(6)16/h3-5,7-8,11,17H,2H2,1H3,(H,21,22)(H,23,24)(H2,12,13,14)(H2,18,19,20)/p-4/t5-,7+,8?,11-/m1/s1. The molecule has 3 unspecified atom stereocenters. The molecule has 0 amide bonds. The summed E-state index contributed by atoms with van der Waals surface area (Å²) in [5.74, 6) is -0.0258. The van der Waals surface area contributed by atoms with Crippen LogP contribution >= 0.6 is 23.5 Å². The van der Waals surface area contributed by atoms with Crippen molar-refractivity contribution in [1.82, 2.24) is 19.5 Å². The summed E-state index contributed by atoms with van der Waals surface area (Å²) in [4.78, 5) is 56.6. The Balaban J connectivity index is 1.85. The van der Waals surface area contributed by atoms with Crippen molar-refractivity contribution in [3.05, 3.63) is 12.7 Å². The van der Waals surface area contributed by atoms with Gasteiger partial charge in [-0.25, -0.2) is 19.3 Å². The summed E-state index contributed by atoms with van der Waals surface area (Å²) in [6.45, 7) is -1.12. The average molecular weight is 517 g/mol. The lowest BCUT2D eigenvalue weighted by Crippen LogP contribution is -2.38. The maximum atomic E-state index is 11.7. The van der Waals surface area contributed by atoms with Crippen LogP contribution in [0.25, 0.3) is 11.2 Å². The largest absolute Gasteiger partial charge is 0.790 e. The van der Waals surface area contributed by atoms with Gasteiger partial charge in [-0.15, -0.1) is 0 Å². The molecule has 32 heavy (non-hydrogen) atoms. The van der Waals surface area contributed by atoms with Crippen molar-refractivity contribution in [3.63, 3.8) is 0 Å². The summed E-state index contributed by atoms with van der Waals surface area (Å²) in [6, 6.07) is 0. The highest BCUT2D eigenvalue weighted by Crippen LogP contribution is 2.55. The van der Waals surface area contributed by atoms with Gasteiger partial charge in [-0.3, -0.25) is 13.7 Å². The van der Waals surface area contributed by atoms with Crippen LogP contribution in [-0.4, -0.2) is 56.7 Å². The second-order valence-corrected chi connectivity index (χ2v) is 10.3. The first-order valence-electron chi connectivity index (χ1n) is 8.24. The number of hydrogen-bond acceptors (Lipinski definition) is 17. The van der Waals surface area contributed by atoms with Crippen molar-refractivity contribution in [2.75, 3.05) is 19.5 Å². The van der Waals surface area contributed by atoms with Gasteiger partial charge in [-0.2, -0.15) is 0 Å². The molecule has 3 heterocycles. The Morgan fingerprint density at radius 2 is 1.88 bits per heavy atom. The Hall–Kier alpha value is -1.36. The number of nitrogens with zero attached hydrogens (tertiary/aromatic N) is 4. The van der Waals surface area contributed by atoms with Crippen molar-refractivity contribution in [2.45, 2.75) is 24.5 Å². The number of ether oxygens (including phenoxy) is 1. The molecule has 180 valence electrons. The summed E-state index contributed by atoms with van der Waals surface area (Å²) in [5.41, 5.74) is 5.81. The fraction of sp³-hybridized carbons (Fsp3) is 0.545.